The highest BCUT2D eigenvalue weighted by Gasteiger charge is 2.28. The number of anilines is 1. The number of thiazole rings is 1. The van der Waals surface area contributed by atoms with Gasteiger partial charge in [-0.2, -0.15) is 8.78 Å². The van der Waals surface area contributed by atoms with Gasteiger partial charge in [-0.05, 0) is 50.1 Å². The molecule has 0 bridgehead atoms. The summed E-state index contributed by atoms with van der Waals surface area (Å²) in [5, 5.41) is 0.563. The number of para-hydroxylation sites is 1. The van der Waals surface area contributed by atoms with Crippen molar-refractivity contribution in [2.75, 3.05) is 24.7 Å². The third kappa shape index (κ3) is 4.94. The Hall–Kier alpha value is -2.78. The molecule has 0 aliphatic carbocycles. The number of rotatable bonds is 8. The van der Waals surface area contributed by atoms with Crippen LogP contribution in [-0.4, -0.2) is 43.4 Å². The van der Waals surface area contributed by atoms with Crippen molar-refractivity contribution in [1.29, 1.82) is 0 Å². The first-order valence-electron chi connectivity index (χ1n) is 10.1. The van der Waals surface area contributed by atoms with Gasteiger partial charge in [-0.3, -0.25) is 9.69 Å². The van der Waals surface area contributed by atoms with E-state index in [1.54, 1.807) is 11.8 Å². The number of amides is 1. The van der Waals surface area contributed by atoms with Gasteiger partial charge in [0.1, 0.15) is 0 Å². The normalized spacial score (nSPS) is 16.1. The van der Waals surface area contributed by atoms with E-state index in [2.05, 4.69) is 9.72 Å². The zero-order valence-electron chi connectivity index (χ0n) is 16.9. The molecular weight excluding hydrogens is 426 g/mol. The number of halogens is 2. The number of nitrogens with zero attached hydrogens (tertiary/aromatic N) is 2. The van der Waals surface area contributed by atoms with Crippen LogP contribution in [0.3, 0.4) is 0 Å². The third-order valence-corrected chi connectivity index (χ3v) is 5.93. The Bertz CT molecular complexity index is 1020. The summed E-state index contributed by atoms with van der Waals surface area (Å²) in [6, 6.07) is 11.9. The Morgan fingerprint density at radius 2 is 2.13 bits per heavy atom. The van der Waals surface area contributed by atoms with Gasteiger partial charge in [0.15, 0.2) is 16.6 Å². The summed E-state index contributed by atoms with van der Waals surface area (Å²) in [5.41, 5.74) is 1.10. The van der Waals surface area contributed by atoms with E-state index in [9.17, 15) is 13.6 Å². The molecule has 1 amide bonds. The smallest absolute Gasteiger partial charge is 0.387 e. The van der Waals surface area contributed by atoms with E-state index in [-0.39, 0.29) is 30.1 Å². The molecular formula is C22H22F2N2O4S. The summed E-state index contributed by atoms with van der Waals surface area (Å²) < 4.78 is 42.1. The summed E-state index contributed by atoms with van der Waals surface area (Å²) in [6.45, 7) is 0.0123. The maximum Gasteiger partial charge on any atom is 0.387 e. The van der Waals surface area contributed by atoms with Gasteiger partial charge in [0.2, 0.25) is 0 Å². The Morgan fingerprint density at radius 1 is 1.29 bits per heavy atom. The number of ether oxygens (including phenoxy) is 3. The van der Waals surface area contributed by atoms with Gasteiger partial charge < -0.3 is 14.2 Å². The number of alkyl halides is 2. The van der Waals surface area contributed by atoms with Crippen molar-refractivity contribution in [3.8, 4) is 11.5 Å². The molecule has 164 valence electrons. The number of fused-ring (bicyclic) bond motifs is 1. The Labute approximate surface area is 182 Å². The van der Waals surface area contributed by atoms with E-state index < -0.39 is 6.61 Å². The van der Waals surface area contributed by atoms with Crippen LogP contribution in [0, 0.1) is 0 Å². The number of hydrogen-bond acceptors (Lipinski definition) is 6. The molecule has 4 rings (SSSR count). The van der Waals surface area contributed by atoms with E-state index in [0.29, 0.717) is 23.8 Å². The van der Waals surface area contributed by atoms with Gasteiger partial charge in [-0.1, -0.05) is 23.5 Å². The highest BCUT2D eigenvalue weighted by molar-refractivity contribution is 7.22. The SMILES string of the molecule is CCOc1cc(C(=O)N(CC2CCCO2)c2nc3ccccc3s2)ccc1OC(F)F. The molecule has 2 heterocycles. The largest absolute Gasteiger partial charge is 0.490 e. The second-order valence-corrected chi connectivity index (χ2v) is 8.00. The molecule has 0 radical (unpaired) electrons. The fourth-order valence-electron chi connectivity index (χ4n) is 3.47. The summed E-state index contributed by atoms with van der Waals surface area (Å²) >= 11 is 1.42. The van der Waals surface area contributed by atoms with Gasteiger partial charge in [0, 0.05) is 12.2 Å². The lowest BCUT2D eigenvalue weighted by Gasteiger charge is -2.23. The Balaban J connectivity index is 1.68. The minimum atomic E-state index is -2.99. The van der Waals surface area contributed by atoms with Crippen molar-refractivity contribution in [3.05, 3.63) is 48.0 Å². The summed E-state index contributed by atoms with van der Waals surface area (Å²) in [5.74, 6) is -0.326. The highest BCUT2D eigenvalue weighted by Crippen LogP contribution is 2.33. The predicted molar refractivity (Wildman–Crippen MR) is 115 cm³/mol. The molecule has 0 saturated carbocycles. The number of benzene rings is 2. The zero-order chi connectivity index (χ0) is 21.8. The lowest BCUT2D eigenvalue weighted by molar-refractivity contribution is -0.0514. The van der Waals surface area contributed by atoms with Gasteiger partial charge in [0.25, 0.3) is 5.91 Å². The van der Waals surface area contributed by atoms with E-state index in [1.165, 1.54) is 29.5 Å². The number of hydrogen-bond donors (Lipinski definition) is 0. The Morgan fingerprint density at radius 3 is 2.84 bits per heavy atom. The van der Waals surface area contributed by atoms with Crippen molar-refractivity contribution < 1.29 is 27.8 Å². The van der Waals surface area contributed by atoms with Crippen LogP contribution < -0.4 is 14.4 Å². The molecule has 1 fully saturated rings. The lowest BCUT2D eigenvalue weighted by Crippen LogP contribution is -2.37. The Kier molecular flexibility index (Phi) is 6.62. The van der Waals surface area contributed by atoms with Crippen molar-refractivity contribution in [3.63, 3.8) is 0 Å². The molecule has 1 aromatic heterocycles. The molecule has 0 spiro atoms. The second kappa shape index (κ2) is 9.57. The van der Waals surface area contributed by atoms with Crippen molar-refractivity contribution in [2.45, 2.75) is 32.5 Å². The van der Waals surface area contributed by atoms with Crippen LogP contribution in [0.25, 0.3) is 10.2 Å². The quantitative estimate of drug-likeness (QED) is 0.479. The van der Waals surface area contributed by atoms with Crippen molar-refractivity contribution in [1.82, 2.24) is 4.98 Å². The second-order valence-electron chi connectivity index (χ2n) is 6.99. The van der Waals surface area contributed by atoms with E-state index in [4.69, 9.17) is 9.47 Å². The summed E-state index contributed by atoms with van der Waals surface area (Å²) in [4.78, 5) is 19.7. The van der Waals surface area contributed by atoms with Crippen molar-refractivity contribution in [2.24, 2.45) is 0 Å². The number of carbonyl (C=O) groups is 1. The third-order valence-electron chi connectivity index (χ3n) is 4.88. The number of carbonyl (C=O) groups excluding carboxylic acids is 1. The van der Waals surface area contributed by atoms with E-state index in [0.717, 1.165) is 23.1 Å². The van der Waals surface area contributed by atoms with Gasteiger partial charge in [-0.15, -0.1) is 0 Å². The van der Waals surface area contributed by atoms with Gasteiger partial charge >= 0.3 is 6.61 Å². The van der Waals surface area contributed by atoms with Crippen molar-refractivity contribution >= 4 is 32.6 Å². The highest BCUT2D eigenvalue weighted by atomic mass is 32.1. The van der Waals surface area contributed by atoms with Crippen LogP contribution in [0.15, 0.2) is 42.5 Å². The minimum Gasteiger partial charge on any atom is -0.490 e. The first-order chi connectivity index (χ1) is 15.0. The standard InChI is InChI=1S/C22H22F2N2O4S/c1-2-28-18-12-14(9-10-17(18)30-21(23)24)20(27)26(13-15-6-5-11-29-15)22-25-16-7-3-4-8-19(16)31-22/h3-4,7-10,12,15,21H,2,5-6,11,13H2,1H3. The van der Waals surface area contributed by atoms with Crippen LogP contribution in [0.5, 0.6) is 11.5 Å². The molecule has 1 saturated heterocycles. The molecule has 2 aromatic carbocycles. The van der Waals surface area contributed by atoms with Crippen LogP contribution in [0.2, 0.25) is 0 Å². The molecule has 1 unspecified atom stereocenters. The predicted octanol–water partition coefficient (Wildman–Crippen LogP) is 5.12. The zero-order valence-corrected chi connectivity index (χ0v) is 17.7. The fourth-order valence-corrected chi connectivity index (χ4v) is 4.45. The molecule has 1 atom stereocenters. The molecule has 3 aromatic rings. The minimum absolute atomic E-state index is 0.0798. The fraction of sp³-hybridized carbons (Fsp3) is 0.364. The maximum atomic E-state index is 13.5. The van der Waals surface area contributed by atoms with Gasteiger partial charge in [-0.25, -0.2) is 4.98 Å². The van der Waals surface area contributed by atoms with E-state index >= 15 is 0 Å². The van der Waals surface area contributed by atoms with Crippen LogP contribution in [-0.2, 0) is 4.74 Å². The van der Waals surface area contributed by atoms with Crippen LogP contribution in [0.1, 0.15) is 30.1 Å². The number of aromatic nitrogens is 1. The molecule has 1 aliphatic rings. The average Bonchev–Trinajstić information content (AvgIpc) is 3.42. The molecule has 0 N–H and O–H groups in total. The monoisotopic (exact) mass is 448 g/mol. The lowest BCUT2D eigenvalue weighted by atomic mass is 10.1. The molecule has 6 nitrogen and oxygen atoms in total. The molecule has 1 aliphatic heterocycles. The first kappa shape index (κ1) is 21.5. The topological polar surface area (TPSA) is 60.9 Å². The average molecular weight is 448 g/mol. The first-order valence-corrected chi connectivity index (χ1v) is 10.9. The van der Waals surface area contributed by atoms with Crippen LogP contribution in [0.4, 0.5) is 13.9 Å². The molecule has 31 heavy (non-hydrogen) atoms. The van der Waals surface area contributed by atoms with Gasteiger partial charge in [0.05, 0.1) is 29.5 Å². The maximum absolute atomic E-state index is 13.5. The van der Waals surface area contributed by atoms with Crippen LogP contribution >= 0.6 is 11.3 Å². The summed E-state index contributed by atoms with van der Waals surface area (Å²) in [7, 11) is 0. The summed E-state index contributed by atoms with van der Waals surface area (Å²) in [6.07, 6.45) is 1.73. The molecule has 9 heteroatoms. The van der Waals surface area contributed by atoms with E-state index in [1.807, 2.05) is 24.3 Å².